The first-order valence-electron chi connectivity index (χ1n) is 11.1. The normalized spacial score (nSPS) is 14.0. The number of hydrogen-bond donors (Lipinski definition) is 0. The zero-order valence-corrected chi connectivity index (χ0v) is 19.1. The number of fused-ring (bicyclic) bond motifs is 1. The van der Waals surface area contributed by atoms with Crippen molar-refractivity contribution in [3.63, 3.8) is 0 Å². The lowest BCUT2D eigenvalue weighted by atomic mass is 10.1. The summed E-state index contributed by atoms with van der Waals surface area (Å²) in [5.74, 6) is 0.686. The number of amides is 1. The summed E-state index contributed by atoms with van der Waals surface area (Å²) in [5, 5.41) is 1.15. The minimum atomic E-state index is -0.356. The first kappa shape index (κ1) is 22.2. The van der Waals surface area contributed by atoms with E-state index < -0.39 is 0 Å². The highest BCUT2D eigenvalue weighted by molar-refractivity contribution is 7.18. The summed E-state index contributed by atoms with van der Waals surface area (Å²) >= 11 is 1.74. The molecule has 3 heterocycles. The average Bonchev–Trinajstić information content (AvgIpc) is 3.25. The summed E-state index contributed by atoms with van der Waals surface area (Å²) in [5.41, 5.74) is 1.52. The Labute approximate surface area is 192 Å². The smallest absolute Gasteiger partial charge is 0.339 e. The van der Waals surface area contributed by atoms with Crippen molar-refractivity contribution in [1.82, 2.24) is 14.9 Å². The van der Waals surface area contributed by atoms with Crippen LogP contribution in [0.5, 0.6) is 0 Å². The van der Waals surface area contributed by atoms with E-state index in [1.807, 2.05) is 29.2 Å². The number of aryl methyl sites for hydroxylation is 1. The number of esters is 1. The maximum Gasteiger partial charge on any atom is 0.339 e. The van der Waals surface area contributed by atoms with Crippen LogP contribution >= 0.6 is 11.3 Å². The highest BCUT2D eigenvalue weighted by Crippen LogP contribution is 2.23. The van der Waals surface area contributed by atoms with Crippen LogP contribution in [0.25, 0.3) is 10.2 Å². The van der Waals surface area contributed by atoms with Gasteiger partial charge in [-0.1, -0.05) is 12.1 Å². The van der Waals surface area contributed by atoms with Crippen LogP contribution < -0.4 is 4.90 Å². The largest absolute Gasteiger partial charge is 0.462 e. The number of piperazine rings is 1. The average molecular weight is 453 g/mol. The Balaban J connectivity index is 1.18. The van der Waals surface area contributed by atoms with E-state index >= 15 is 0 Å². The van der Waals surface area contributed by atoms with Crippen molar-refractivity contribution in [2.24, 2.45) is 0 Å². The summed E-state index contributed by atoms with van der Waals surface area (Å²) in [6.07, 6.45) is 4.91. The third-order valence-corrected chi connectivity index (χ3v) is 6.68. The number of ether oxygens (including phenoxy) is 1. The van der Waals surface area contributed by atoms with Crippen molar-refractivity contribution in [2.45, 2.75) is 32.6 Å². The quantitative estimate of drug-likeness (QED) is 0.381. The third kappa shape index (κ3) is 5.43. The van der Waals surface area contributed by atoms with Gasteiger partial charge < -0.3 is 14.5 Å². The van der Waals surface area contributed by atoms with E-state index in [9.17, 15) is 9.59 Å². The zero-order valence-electron chi connectivity index (χ0n) is 18.3. The first-order chi connectivity index (χ1) is 15.6. The van der Waals surface area contributed by atoms with Crippen LogP contribution in [-0.2, 0) is 16.0 Å². The molecule has 1 aliphatic rings. The molecule has 1 saturated heterocycles. The topological polar surface area (TPSA) is 75.6 Å². The van der Waals surface area contributed by atoms with Gasteiger partial charge in [-0.15, -0.1) is 11.3 Å². The van der Waals surface area contributed by atoms with Crippen LogP contribution in [0.3, 0.4) is 0 Å². The Morgan fingerprint density at radius 2 is 1.88 bits per heavy atom. The maximum atomic E-state index is 12.6. The lowest BCUT2D eigenvalue weighted by Gasteiger charge is -2.35. The van der Waals surface area contributed by atoms with E-state index in [4.69, 9.17) is 4.74 Å². The molecule has 0 atom stereocenters. The molecule has 1 fully saturated rings. The van der Waals surface area contributed by atoms with Gasteiger partial charge in [0.15, 0.2) is 0 Å². The number of rotatable bonds is 8. The minimum Gasteiger partial charge on any atom is -0.462 e. The molecular formula is C24H28N4O3S. The second-order valence-corrected chi connectivity index (χ2v) is 8.89. The lowest BCUT2D eigenvalue weighted by Crippen LogP contribution is -2.49. The van der Waals surface area contributed by atoms with Gasteiger partial charge in [-0.05, 0) is 50.5 Å². The van der Waals surface area contributed by atoms with Crippen molar-refractivity contribution < 1.29 is 14.3 Å². The number of para-hydroxylation sites is 1. The molecule has 0 bridgehead atoms. The van der Waals surface area contributed by atoms with Gasteiger partial charge in [0.25, 0.3) is 0 Å². The summed E-state index contributed by atoms with van der Waals surface area (Å²) < 4.78 is 6.22. The van der Waals surface area contributed by atoms with E-state index in [1.54, 1.807) is 30.5 Å². The van der Waals surface area contributed by atoms with Gasteiger partial charge in [0.2, 0.25) is 5.91 Å². The zero-order chi connectivity index (χ0) is 22.3. The van der Waals surface area contributed by atoms with Crippen LogP contribution in [0.15, 0.2) is 42.6 Å². The van der Waals surface area contributed by atoms with Gasteiger partial charge in [-0.25, -0.2) is 14.8 Å². The van der Waals surface area contributed by atoms with E-state index in [-0.39, 0.29) is 11.9 Å². The van der Waals surface area contributed by atoms with Crippen LogP contribution in [0, 0.1) is 0 Å². The molecule has 0 radical (unpaired) electrons. The number of pyridine rings is 1. The molecule has 2 aromatic heterocycles. The Hall–Kier alpha value is -3.00. The Kier molecular flexibility index (Phi) is 7.32. The molecule has 32 heavy (non-hydrogen) atoms. The highest BCUT2D eigenvalue weighted by Gasteiger charge is 2.22. The Morgan fingerprint density at radius 3 is 2.59 bits per heavy atom. The number of carbonyl (C=O) groups is 2. The number of aromatic nitrogens is 2. The first-order valence-corrected chi connectivity index (χ1v) is 12.0. The molecule has 0 aliphatic carbocycles. The van der Waals surface area contributed by atoms with Crippen molar-refractivity contribution in [3.8, 4) is 0 Å². The number of carbonyl (C=O) groups excluding carboxylic acids is 2. The van der Waals surface area contributed by atoms with E-state index in [2.05, 4.69) is 20.9 Å². The number of thiazole rings is 1. The predicted octanol–water partition coefficient (Wildman–Crippen LogP) is 3.93. The van der Waals surface area contributed by atoms with Crippen LogP contribution in [0.1, 0.15) is 41.6 Å². The molecule has 8 heteroatoms. The summed E-state index contributed by atoms with van der Waals surface area (Å²) in [6.45, 7) is 4.99. The lowest BCUT2D eigenvalue weighted by molar-refractivity contribution is -0.131. The molecule has 7 nitrogen and oxygen atoms in total. The number of hydrogen-bond acceptors (Lipinski definition) is 7. The predicted molar refractivity (Wildman–Crippen MR) is 126 cm³/mol. The SMILES string of the molecule is CCOC(=O)c1ccc(N2CCN(C(=O)CCCCc3nc4ccccc4s3)CC2)nc1. The second kappa shape index (κ2) is 10.5. The van der Waals surface area contributed by atoms with Gasteiger partial charge >= 0.3 is 5.97 Å². The van der Waals surface area contributed by atoms with Gasteiger partial charge in [0.1, 0.15) is 5.82 Å². The molecule has 3 aromatic rings. The van der Waals surface area contributed by atoms with Crippen molar-refractivity contribution in [3.05, 3.63) is 53.2 Å². The fourth-order valence-corrected chi connectivity index (χ4v) is 4.84. The van der Waals surface area contributed by atoms with E-state index in [1.165, 1.54) is 4.70 Å². The molecule has 4 rings (SSSR count). The second-order valence-electron chi connectivity index (χ2n) is 7.78. The van der Waals surface area contributed by atoms with Crippen LogP contribution in [-0.4, -0.2) is 59.5 Å². The molecule has 0 unspecified atom stereocenters. The molecule has 1 aliphatic heterocycles. The van der Waals surface area contributed by atoms with Crippen molar-refractivity contribution in [2.75, 3.05) is 37.7 Å². The molecule has 1 amide bonds. The van der Waals surface area contributed by atoms with Gasteiger partial charge in [0, 0.05) is 38.8 Å². The molecule has 0 spiro atoms. The Morgan fingerprint density at radius 1 is 1.06 bits per heavy atom. The molecule has 1 aromatic carbocycles. The number of nitrogens with zero attached hydrogens (tertiary/aromatic N) is 4. The summed E-state index contributed by atoms with van der Waals surface area (Å²) in [6, 6.07) is 11.8. The van der Waals surface area contributed by atoms with Crippen molar-refractivity contribution >= 4 is 39.2 Å². The number of benzene rings is 1. The molecule has 0 N–H and O–H groups in total. The third-order valence-electron chi connectivity index (χ3n) is 5.58. The van der Waals surface area contributed by atoms with E-state index in [0.29, 0.717) is 31.7 Å². The molecular weight excluding hydrogens is 424 g/mol. The standard InChI is InChI=1S/C24H28N4O3S/c1-2-31-24(30)18-11-12-21(25-17-18)27-13-15-28(16-14-27)23(29)10-6-5-9-22-26-19-7-3-4-8-20(19)32-22/h3-4,7-8,11-12,17H,2,5-6,9-10,13-16H2,1H3. The fraction of sp³-hybridized carbons (Fsp3) is 0.417. The van der Waals surface area contributed by atoms with Gasteiger partial charge in [0.05, 0.1) is 27.4 Å². The van der Waals surface area contributed by atoms with Gasteiger partial charge in [-0.3, -0.25) is 4.79 Å². The Bertz CT molecular complexity index is 1030. The van der Waals surface area contributed by atoms with Gasteiger partial charge in [-0.2, -0.15) is 0 Å². The fourth-order valence-electron chi connectivity index (χ4n) is 3.83. The van der Waals surface area contributed by atoms with Crippen LogP contribution in [0.4, 0.5) is 5.82 Å². The highest BCUT2D eigenvalue weighted by atomic mass is 32.1. The van der Waals surface area contributed by atoms with E-state index in [0.717, 1.165) is 48.7 Å². The minimum absolute atomic E-state index is 0.222. The number of unbranched alkanes of at least 4 members (excludes halogenated alkanes) is 1. The molecule has 168 valence electrons. The maximum absolute atomic E-state index is 12.6. The monoisotopic (exact) mass is 452 g/mol. The van der Waals surface area contributed by atoms with Crippen LogP contribution in [0.2, 0.25) is 0 Å². The molecule has 0 saturated carbocycles. The summed E-state index contributed by atoms with van der Waals surface area (Å²) in [7, 11) is 0. The number of anilines is 1. The summed E-state index contributed by atoms with van der Waals surface area (Å²) in [4.78, 5) is 37.5. The van der Waals surface area contributed by atoms with Crippen molar-refractivity contribution in [1.29, 1.82) is 0 Å².